The van der Waals surface area contributed by atoms with Crippen LogP contribution < -0.4 is 10.6 Å². The smallest absolute Gasteiger partial charge is 0.407 e. The van der Waals surface area contributed by atoms with E-state index in [2.05, 4.69) is 72.7 Å². The molecule has 0 aliphatic heterocycles. The van der Waals surface area contributed by atoms with E-state index in [1.807, 2.05) is 20.8 Å². The first-order valence-corrected chi connectivity index (χ1v) is 22.1. The fourth-order valence-corrected chi connectivity index (χ4v) is 6.63. The number of aliphatic hydroxyl groups is 1. The van der Waals surface area contributed by atoms with Crippen molar-refractivity contribution in [2.75, 3.05) is 72.6 Å². The molecule has 1 fully saturated rings. The highest BCUT2D eigenvalue weighted by Crippen LogP contribution is 2.46. The van der Waals surface area contributed by atoms with Gasteiger partial charge in [0, 0.05) is 60.7 Å². The molecular weight excluding hydrogens is 965 g/mol. The van der Waals surface area contributed by atoms with E-state index in [1.54, 1.807) is 0 Å². The van der Waals surface area contributed by atoms with Crippen LogP contribution in [0.25, 0.3) is 0 Å². The molecule has 0 aromatic heterocycles. The number of hydrogen-bond acceptors (Lipinski definition) is 21. The number of carbonyl (C=O) groups is 10. The molecule has 0 heterocycles. The van der Waals surface area contributed by atoms with Crippen LogP contribution in [0.2, 0.25) is 0 Å². The summed E-state index contributed by atoms with van der Waals surface area (Å²) in [6.45, 7) is 29.4. The quantitative estimate of drug-likeness (QED) is 0.0508. The van der Waals surface area contributed by atoms with Crippen LogP contribution in [-0.2, 0) is 85.7 Å². The number of hydrogen-bond donors (Lipinski definition) is 3. The molecule has 23 nitrogen and oxygen atoms in total. The van der Waals surface area contributed by atoms with Crippen molar-refractivity contribution in [2.24, 2.45) is 21.7 Å². The lowest BCUT2D eigenvalue weighted by atomic mass is 9.62. The van der Waals surface area contributed by atoms with Gasteiger partial charge in [0.05, 0.1) is 0 Å². The zero-order chi connectivity index (χ0) is 55.8. The van der Waals surface area contributed by atoms with Crippen LogP contribution in [0.5, 0.6) is 0 Å². The Morgan fingerprint density at radius 1 is 0.521 bits per heavy atom. The monoisotopic (exact) mass is 1030 g/mol. The molecule has 1 rings (SSSR count). The number of nitrogens with one attached hydrogen (secondary N) is 2. The summed E-state index contributed by atoms with van der Waals surface area (Å²) in [5, 5.41) is 14.7. The molecule has 3 unspecified atom stereocenters. The van der Waals surface area contributed by atoms with Crippen molar-refractivity contribution in [1.82, 2.24) is 10.6 Å². The normalized spacial score (nSPS) is 15.8. The van der Waals surface area contributed by atoms with Gasteiger partial charge in [-0.2, -0.15) is 0 Å². The minimum Gasteiger partial charge on any atom is -0.462 e. The van der Waals surface area contributed by atoms with Crippen LogP contribution in [-0.4, -0.2) is 150 Å². The Balaban J connectivity index is 0.00000296. The third kappa shape index (κ3) is 28.0. The molecule has 1 aliphatic rings. The first-order valence-electron chi connectivity index (χ1n) is 22.1. The Bertz CT molecular complexity index is 1940. The summed E-state index contributed by atoms with van der Waals surface area (Å²) in [7, 11) is 0. The van der Waals surface area contributed by atoms with Gasteiger partial charge in [0.15, 0.2) is 0 Å². The van der Waals surface area contributed by atoms with Crippen LogP contribution in [0, 0.1) is 21.7 Å². The molecule has 1 aliphatic carbocycles. The standard InChI is InChI=1S/C40H54N2O16.C10H14O5/c1-10-29(43)51-20-39(21-52-30(44)11-2,22-53-31(45)12-3)26-57-35(49)41-19-38(9)17-28(16-37(7,8)18-38)42-36(50)58-27-40(23-54-32(46)13-4,24-55-33(47)14-5)25-56-34(48)15-6;1-4-9(12)14-5-8(11)6-15-10(13)7(2)3/h10-15,28H,1-6,16-27H2,7-9H3,(H,41,49)(H,42,50);4,8,11H,1-2,5-6H2,3H3. The average molecular weight is 1030 g/mol. The molecular formula is C50H68N2O21. The summed E-state index contributed by atoms with van der Waals surface area (Å²) in [5.74, 6) is -6.26. The molecule has 23 heteroatoms. The molecule has 0 saturated heterocycles. The van der Waals surface area contributed by atoms with Gasteiger partial charge in [0.1, 0.15) is 83.0 Å². The zero-order valence-corrected chi connectivity index (χ0v) is 41.9. The summed E-state index contributed by atoms with van der Waals surface area (Å²) < 4.78 is 51.1. The number of rotatable bonds is 31. The zero-order valence-electron chi connectivity index (χ0n) is 41.9. The number of alkyl carbamates (subject to hydrolysis) is 2. The third-order valence-corrected chi connectivity index (χ3v) is 9.91. The number of ether oxygens (including phenoxy) is 10. The van der Waals surface area contributed by atoms with Gasteiger partial charge in [0.2, 0.25) is 0 Å². The van der Waals surface area contributed by atoms with Crippen LogP contribution in [0.15, 0.2) is 101 Å². The molecule has 0 spiro atoms. The summed E-state index contributed by atoms with van der Waals surface area (Å²) in [4.78, 5) is 119. The van der Waals surface area contributed by atoms with Crippen molar-refractivity contribution < 1.29 is 100 Å². The molecule has 0 radical (unpaired) electrons. The van der Waals surface area contributed by atoms with Crippen molar-refractivity contribution in [3.63, 3.8) is 0 Å². The van der Waals surface area contributed by atoms with Gasteiger partial charge in [-0.15, -0.1) is 0 Å². The Labute approximate surface area is 424 Å². The van der Waals surface area contributed by atoms with Crippen molar-refractivity contribution >= 4 is 59.9 Å². The van der Waals surface area contributed by atoms with Crippen LogP contribution in [0.3, 0.4) is 0 Å². The van der Waals surface area contributed by atoms with E-state index >= 15 is 0 Å². The van der Waals surface area contributed by atoms with Gasteiger partial charge in [-0.05, 0) is 37.0 Å². The minimum atomic E-state index is -1.54. The first kappa shape index (κ1) is 65.2. The average Bonchev–Trinajstić information content (AvgIpc) is 3.36. The highest BCUT2D eigenvalue weighted by atomic mass is 16.6. The van der Waals surface area contributed by atoms with Crippen LogP contribution in [0.4, 0.5) is 9.59 Å². The Kier molecular flexibility index (Phi) is 29.4. The van der Waals surface area contributed by atoms with E-state index < -0.39 is 141 Å². The van der Waals surface area contributed by atoms with Gasteiger partial charge < -0.3 is 63.1 Å². The van der Waals surface area contributed by atoms with Gasteiger partial charge in [-0.25, -0.2) is 47.9 Å². The van der Waals surface area contributed by atoms with Crippen molar-refractivity contribution in [2.45, 2.75) is 59.1 Å². The lowest BCUT2D eigenvalue weighted by Gasteiger charge is -2.46. The van der Waals surface area contributed by atoms with E-state index in [1.165, 1.54) is 6.92 Å². The minimum absolute atomic E-state index is 0.0684. The van der Waals surface area contributed by atoms with Crippen LogP contribution >= 0.6 is 0 Å². The van der Waals surface area contributed by atoms with Gasteiger partial charge in [0.25, 0.3) is 0 Å². The second-order valence-electron chi connectivity index (χ2n) is 17.6. The Morgan fingerprint density at radius 2 is 0.836 bits per heavy atom. The predicted molar refractivity (Wildman–Crippen MR) is 258 cm³/mol. The van der Waals surface area contributed by atoms with E-state index in [0.29, 0.717) is 19.3 Å². The lowest BCUT2D eigenvalue weighted by Crippen LogP contribution is -2.51. The molecule has 0 aromatic carbocycles. The highest BCUT2D eigenvalue weighted by Gasteiger charge is 2.44. The third-order valence-electron chi connectivity index (χ3n) is 9.91. The molecule has 3 N–H and O–H groups in total. The molecule has 3 atom stereocenters. The number of amides is 2. The maximum Gasteiger partial charge on any atom is 0.407 e. The van der Waals surface area contributed by atoms with Gasteiger partial charge >= 0.3 is 59.9 Å². The second kappa shape index (κ2) is 32.9. The predicted octanol–water partition coefficient (Wildman–Crippen LogP) is 3.57. The second-order valence-corrected chi connectivity index (χ2v) is 17.6. The lowest BCUT2D eigenvalue weighted by molar-refractivity contribution is -0.161. The summed E-state index contributed by atoms with van der Waals surface area (Å²) >= 11 is 0. The summed E-state index contributed by atoms with van der Waals surface area (Å²) in [5.41, 5.74) is -3.81. The summed E-state index contributed by atoms with van der Waals surface area (Å²) in [6.07, 6.45) is 4.98. The number of esters is 8. The van der Waals surface area contributed by atoms with Crippen molar-refractivity contribution in [3.8, 4) is 0 Å². The van der Waals surface area contributed by atoms with Crippen LogP contribution in [0.1, 0.15) is 47.0 Å². The molecule has 73 heavy (non-hydrogen) atoms. The summed E-state index contributed by atoms with van der Waals surface area (Å²) in [6, 6.07) is -0.476. The number of carbonyl (C=O) groups excluding carboxylic acids is 10. The Hall–Kier alpha value is -7.82. The highest BCUT2D eigenvalue weighted by molar-refractivity contribution is 5.87. The van der Waals surface area contributed by atoms with Crippen molar-refractivity contribution in [1.29, 1.82) is 0 Å². The first-order chi connectivity index (χ1) is 34.2. The fourth-order valence-electron chi connectivity index (χ4n) is 6.63. The molecule has 0 bridgehead atoms. The van der Waals surface area contributed by atoms with Crippen molar-refractivity contribution in [3.05, 3.63) is 101 Å². The topological polar surface area (TPSA) is 307 Å². The molecule has 2 amide bonds. The van der Waals surface area contributed by atoms with E-state index in [9.17, 15) is 53.1 Å². The molecule has 0 aromatic rings. The molecule has 1 saturated carbocycles. The maximum absolute atomic E-state index is 13.2. The largest absolute Gasteiger partial charge is 0.462 e. The van der Waals surface area contributed by atoms with E-state index in [-0.39, 0.29) is 30.7 Å². The van der Waals surface area contributed by atoms with E-state index in [4.69, 9.17) is 37.9 Å². The Morgan fingerprint density at radius 3 is 1.18 bits per heavy atom. The number of aliphatic hydroxyl groups excluding tert-OH is 1. The fraction of sp³-hybridized carbons (Fsp3) is 0.480. The van der Waals surface area contributed by atoms with E-state index in [0.717, 1.165) is 42.5 Å². The maximum atomic E-state index is 13.2. The van der Waals surface area contributed by atoms with Gasteiger partial charge in [-0.3, -0.25) is 0 Å². The van der Waals surface area contributed by atoms with Gasteiger partial charge in [-0.1, -0.05) is 73.4 Å². The molecule has 404 valence electrons. The SMILES string of the molecule is C=CC(=O)OCC(COC(=O)C=C)(COC(=O)C=C)COC(=O)NCC1(C)CC(NC(=O)OCC(COC(=O)C=C)(COC(=O)C=C)COC(=O)C=C)CC(C)(C)C1.C=CC(=O)OCC(O)COC(=O)C(=C)C.